The molecule has 10 heteroatoms. The number of anilines is 1. The van der Waals surface area contributed by atoms with Crippen LogP contribution >= 0.6 is 11.8 Å². The molecule has 0 spiro atoms. The molecule has 2 saturated heterocycles. The van der Waals surface area contributed by atoms with Crippen molar-refractivity contribution in [3.05, 3.63) is 23.9 Å². The number of carbonyl (C=O) groups excluding carboxylic acids is 2. The van der Waals surface area contributed by atoms with Crippen LogP contribution in [0.15, 0.2) is 18.3 Å². The van der Waals surface area contributed by atoms with Gasteiger partial charge in [0.2, 0.25) is 5.91 Å². The van der Waals surface area contributed by atoms with Crippen LogP contribution in [0.4, 0.5) is 10.6 Å². The minimum Gasteiger partial charge on any atom is -0.444 e. The lowest BCUT2D eigenvalue weighted by molar-refractivity contribution is -0.132. The molecule has 9 nitrogen and oxygen atoms in total. The van der Waals surface area contributed by atoms with Crippen LogP contribution in [-0.2, 0) is 9.53 Å². The van der Waals surface area contributed by atoms with Crippen LogP contribution in [-0.4, -0.2) is 88.8 Å². The van der Waals surface area contributed by atoms with E-state index in [2.05, 4.69) is 26.2 Å². The third-order valence-electron chi connectivity index (χ3n) is 7.47. The van der Waals surface area contributed by atoms with Crippen molar-refractivity contribution in [2.45, 2.75) is 70.6 Å². The Kier molecular flexibility index (Phi) is 9.19. The van der Waals surface area contributed by atoms with Crippen LogP contribution < -0.4 is 10.2 Å². The second kappa shape index (κ2) is 12.4. The Morgan fingerprint density at radius 2 is 1.89 bits per heavy atom. The molecule has 0 unspecified atom stereocenters. The predicted octanol–water partition coefficient (Wildman–Crippen LogP) is 3.45. The number of amides is 2. The molecule has 2 amide bonds. The lowest BCUT2D eigenvalue weighted by atomic mass is 9.81. The molecule has 37 heavy (non-hydrogen) atoms. The van der Waals surface area contributed by atoms with Crippen LogP contribution in [0, 0.1) is 17.2 Å². The summed E-state index contributed by atoms with van der Waals surface area (Å²) in [4.78, 5) is 36.9. The Morgan fingerprint density at radius 1 is 1.16 bits per heavy atom. The summed E-state index contributed by atoms with van der Waals surface area (Å²) in [6.45, 7) is 10.1. The fourth-order valence-corrected chi connectivity index (χ4v) is 6.47. The van der Waals surface area contributed by atoms with E-state index in [-0.39, 0.29) is 5.91 Å². The molecular formula is C27H40N6O3S. The molecular weight excluding hydrogens is 488 g/mol. The lowest BCUT2D eigenvalue weighted by Crippen LogP contribution is -2.52. The SMILES string of the molecule is CC(C)(C)OC(=O)N[C@@H](C[C@H]1CC[C@H](N2CCN(c3ccc(C#N)cn3)CC2)CC1)C(=O)N1CCSC1. The van der Waals surface area contributed by atoms with Crippen molar-refractivity contribution in [3.8, 4) is 6.07 Å². The zero-order valence-electron chi connectivity index (χ0n) is 22.3. The average Bonchev–Trinajstić information content (AvgIpc) is 3.43. The van der Waals surface area contributed by atoms with Gasteiger partial charge < -0.3 is 19.9 Å². The molecule has 1 aromatic heterocycles. The first-order valence-electron chi connectivity index (χ1n) is 13.4. The Morgan fingerprint density at radius 3 is 2.46 bits per heavy atom. The Labute approximate surface area is 224 Å². The molecule has 1 saturated carbocycles. The van der Waals surface area contributed by atoms with Crippen molar-refractivity contribution >= 4 is 29.6 Å². The molecule has 3 fully saturated rings. The fourth-order valence-electron chi connectivity index (χ4n) is 5.51. The number of nitrogens with one attached hydrogen (secondary N) is 1. The molecule has 1 N–H and O–H groups in total. The summed E-state index contributed by atoms with van der Waals surface area (Å²) in [6, 6.07) is 5.92. The van der Waals surface area contributed by atoms with E-state index in [9.17, 15) is 9.59 Å². The molecule has 3 heterocycles. The van der Waals surface area contributed by atoms with E-state index < -0.39 is 17.7 Å². The summed E-state index contributed by atoms with van der Waals surface area (Å²) in [5, 5.41) is 11.9. The topological polar surface area (TPSA) is 102 Å². The zero-order valence-corrected chi connectivity index (χ0v) is 23.1. The first kappa shape index (κ1) is 27.5. The van der Waals surface area contributed by atoms with E-state index in [1.165, 1.54) is 0 Å². The number of rotatable bonds is 6. The number of alkyl carbamates (subject to hydrolysis) is 1. The molecule has 2 aliphatic heterocycles. The summed E-state index contributed by atoms with van der Waals surface area (Å²) < 4.78 is 5.46. The molecule has 1 atom stereocenters. The van der Waals surface area contributed by atoms with Gasteiger partial charge in [-0.2, -0.15) is 5.26 Å². The number of pyridine rings is 1. The Balaban J connectivity index is 1.26. The molecule has 3 aliphatic rings. The van der Waals surface area contributed by atoms with Crippen molar-refractivity contribution in [1.29, 1.82) is 5.26 Å². The van der Waals surface area contributed by atoms with E-state index in [4.69, 9.17) is 10.00 Å². The highest BCUT2D eigenvalue weighted by Crippen LogP contribution is 2.32. The largest absolute Gasteiger partial charge is 0.444 e. The number of carbonyl (C=O) groups is 2. The highest BCUT2D eigenvalue weighted by atomic mass is 32.2. The maximum absolute atomic E-state index is 13.2. The van der Waals surface area contributed by atoms with E-state index in [0.717, 1.165) is 70.0 Å². The molecule has 0 radical (unpaired) electrons. The van der Waals surface area contributed by atoms with Gasteiger partial charge in [-0.15, -0.1) is 11.8 Å². The first-order valence-corrected chi connectivity index (χ1v) is 14.6. The first-order chi connectivity index (χ1) is 17.7. The molecule has 0 aromatic carbocycles. The molecule has 202 valence electrons. The second-order valence-corrected chi connectivity index (χ2v) is 12.4. The second-order valence-electron chi connectivity index (χ2n) is 11.3. The number of thioether (sulfide) groups is 1. The number of hydrogen-bond acceptors (Lipinski definition) is 8. The monoisotopic (exact) mass is 528 g/mol. The maximum atomic E-state index is 13.2. The van der Waals surface area contributed by atoms with Crippen molar-refractivity contribution in [2.24, 2.45) is 5.92 Å². The van der Waals surface area contributed by atoms with Gasteiger partial charge in [-0.1, -0.05) is 0 Å². The molecule has 4 rings (SSSR count). The lowest BCUT2D eigenvalue weighted by Gasteiger charge is -2.42. The Hall–Kier alpha value is -2.51. The van der Waals surface area contributed by atoms with E-state index in [1.54, 1.807) is 18.0 Å². The van der Waals surface area contributed by atoms with Crippen LogP contribution in [0.3, 0.4) is 0 Å². The van der Waals surface area contributed by atoms with Gasteiger partial charge in [0.15, 0.2) is 0 Å². The summed E-state index contributed by atoms with van der Waals surface area (Å²) in [6.07, 6.45) is 6.17. The van der Waals surface area contributed by atoms with Crippen molar-refractivity contribution in [3.63, 3.8) is 0 Å². The summed E-state index contributed by atoms with van der Waals surface area (Å²) in [5.41, 5.74) is -0.0111. The van der Waals surface area contributed by atoms with Crippen LogP contribution in [0.25, 0.3) is 0 Å². The number of nitrogens with zero attached hydrogens (tertiary/aromatic N) is 5. The highest BCUT2D eigenvalue weighted by Gasteiger charge is 2.34. The van der Waals surface area contributed by atoms with Gasteiger partial charge in [0.25, 0.3) is 0 Å². The third kappa shape index (κ3) is 7.74. The fraction of sp³-hybridized carbons (Fsp3) is 0.704. The molecule has 0 bridgehead atoms. The third-order valence-corrected chi connectivity index (χ3v) is 8.44. The van der Waals surface area contributed by atoms with Gasteiger partial charge in [-0.25, -0.2) is 9.78 Å². The smallest absolute Gasteiger partial charge is 0.408 e. The average molecular weight is 529 g/mol. The van der Waals surface area contributed by atoms with Gasteiger partial charge in [0.05, 0.1) is 11.4 Å². The van der Waals surface area contributed by atoms with Crippen LogP contribution in [0.5, 0.6) is 0 Å². The van der Waals surface area contributed by atoms with Gasteiger partial charge in [-0.3, -0.25) is 9.69 Å². The Bertz CT molecular complexity index is 954. The summed E-state index contributed by atoms with van der Waals surface area (Å²) in [5.74, 6) is 3.02. The van der Waals surface area contributed by atoms with Gasteiger partial charge >= 0.3 is 6.09 Å². The zero-order chi connectivity index (χ0) is 26.4. The standard InChI is InChI=1S/C27H40N6O3S/c1-27(2,3)36-26(35)30-23(25(34)33-14-15-37-19-33)16-20-4-7-22(8-5-20)31-10-12-32(13-11-31)24-9-6-21(17-28)18-29-24/h6,9,18,20,22-23H,4-5,7-8,10-16,19H2,1-3H3,(H,30,35)/t20-,22-,23-/m0/s1. The van der Waals surface area contributed by atoms with E-state index in [1.807, 2.05) is 37.8 Å². The minimum atomic E-state index is -0.598. The number of aromatic nitrogens is 1. The number of nitriles is 1. The van der Waals surface area contributed by atoms with Gasteiger partial charge in [-0.05, 0) is 70.9 Å². The number of piperazine rings is 1. The predicted molar refractivity (Wildman–Crippen MR) is 145 cm³/mol. The maximum Gasteiger partial charge on any atom is 0.408 e. The number of ether oxygens (including phenoxy) is 1. The van der Waals surface area contributed by atoms with Crippen LogP contribution in [0.1, 0.15) is 58.4 Å². The van der Waals surface area contributed by atoms with E-state index in [0.29, 0.717) is 29.8 Å². The normalized spacial score (nSPS) is 23.8. The van der Waals surface area contributed by atoms with Crippen molar-refractivity contribution < 1.29 is 14.3 Å². The quantitative estimate of drug-likeness (QED) is 0.599. The van der Waals surface area contributed by atoms with Crippen molar-refractivity contribution in [2.75, 3.05) is 49.3 Å². The highest BCUT2D eigenvalue weighted by molar-refractivity contribution is 7.99. The van der Waals surface area contributed by atoms with Crippen molar-refractivity contribution in [1.82, 2.24) is 20.1 Å². The van der Waals surface area contributed by atoms with Gasteiger partial charge in [0, 0.05) is 50.7 Å². The van der Waals surface area contributed by atoms with E-state index >= 15 is 0 Å². The van der Waals surface area contributed by atoms with Gasteiger partial charge in [0.1, 0.15) is 23.5 Å². The summed E-state index contributed by atoms with van der Waals surface area (Å²) >= 11 is 1.75. The van der Waals surface area contributed by atoms with Crippen LogP contribution in [0.2, 0.25) is 0 Å². The minimum absolute atomic E-state index is 0.0190. The number of hydrogen-bond donors (Lipinski definition) is 1. The summed E-state index contributed by atoms with van der Waals surface area (Å²) in [7, 11) is 0. The molecule has 1 aliphatic carbocycles. The molecule has 1 aromatic rings.